The summed E-state index contributed by atoms with van der Waals surface area (Å²) in [6, 6.07) is 7.66. The van der Waals surface area contributed by atoms with Gasteiger partial charge in [0.2, 0.25) is 6.41 Å². The minimum absolute atomic E-state index is 0.102. The summed E-state index contributed by atoms with van der Waals surface area (Å²) in [6.07, 6.45) is 3.75. The number of nitrogens with zero attached hydrogens (tertiary/aromatic N) is 1. The predicted octanol–water partition coefficient (Wildman–Crippen LogP) is 1.53. The average molecular weight is 245 g/mol. The molecular formula is C14H15NO3. The first kappa shape index (κ1) is 11.3. The Morgan fingerprint density at radius 3 is 2.72 bits per heavy atom. The maximum atomic E-state index is 11.8. The van der Waals surface area contributed by atoms with Crippen LogP contribution in [0.15, 0.2) is 24.3 Å². The molecule has 4 heteroatoms. The van der Waals surface area contributed by atoms with Gasteiger partial charge in [-0.3, -0.25) is 4.79 Å². The van der Waals surface area contributed by atoms with Crippen molar-refractivity contribution in [2.45, 2.75) is 37.3 Å². The Balaban J connectivity index is 2.14. The first-order valence-electron chi connectivity index (χ1n) is 6.25. The van der Waals surface area contributed by atoms with Crippen LogP contribution in [0.1, 0.15) is 30.4 Å². The number of hydrogen-bond donors (Lipinski definition) is 1. The molecule has 0 aliphatic heterocycles. The zero-order chi connectivity index (χ0) is 12.8. The summed E-state index contributed by atoms with van der Waals surface area (Å²) in [5.41, 5.74) is 0.698. The number of aliphatic carboxylic acids is 1. The second kappa shape index (κ2) is 3.83. The van der Waals surface area contributed by atoms with Gasteiger partial charge in [0.1, 0.15) is 0 Å². The van der Waals surface area contributed by atoms with Gasteiger partial charge in [-0.05, 0) is 36.8 Å². The Morgan fingerprint density at radius 1 is 1.39 bits per heavy atom. The van der Waals surface area contributed by atoms with Crippen LogP contribution in [-0.4, -0.2) is 28.4 Å². The molecule has 1 saturated carbocycles. The SMILES string of the molecule is O=CN(C1CC1)C1(C(=O)O)CCc2ccccc21. The van der Waals surface area contributed by atoms with Crippen molar-refractivity contribution < 1.29 is 14.7 Å². The number of benzene rings is 1. The van der Waals surface area contributed by atoms with Crippen molar-refractivity contribution in [2.24, 2.45) is 0 Å². The molecule has 94 valence electrons. The molecule has 1 N–H and O–H groups in total. The maximum absolute atomic E-state index is 11.8. The number of rotatable bonds is 4. The minimum atomic E-state index is -1.14. The largest absolute Gasteiger partial charge is 0.479 e. The van der Waals surface area contributed by atoms with Gasteiger partial charge in [0.05, 0.1) is 0 Å². The third-order valence-corrected chi connectivity index (χ3v) is 4.07. The Kier molecular flexibility index (Phi) is 2.40. The van der Waals surface area contributed by atoms with Crippen LogP contribution in [0.2, 0.25) is 0 Å². The Hall–Kier alpha value is -1.84. The second-order valence-electron chi connectivity index (χ2n) is 5.07. The van der Waals surface area contributed by atoms with Crippen LogP contribution < -0.4 is 0 Å². The van der Waals surface area contributed by atoms with E-state index < -0.39 is 11.5 Å². The van der Waals surface area contributed by atoms with Crippen LogP contribution in [0.25, 0.3) is 0 Å². The molecule has 4 nitrogen and oxygen atoms in total. The second-order valence-corrected chi connectivity index (χ2v) is 5.07. The summed E-state index contributed by atoms with van der Waals surface area (Å²) < 4.78 is 0. The number of aryl methyl sites for hydroxylation is 1. The summed E-state index contributed by atoms with van der Waals surface area (Å²) in [5.74, 6) is -0.911. The smallest absolute Gasteiger partial charge is 0.334 e. The van der Waals surface area contributed by atoms with Gasteiger partial charge in [-0.1, -0.05) is 24.3 Å². The number of carboxylic acid groups (broad SMARTS) is 1. The monoisotopic (exact) mass is 245 g/mol. The van der Waals surface area contributed by atoms with Crippen LogP contribution in [-0.2, 0) is 21.5 Å². The lowest BCUT2D eigenvalue weighted by molar-refractivity contribution is -0.156. The molecule has 1 atom stereocenters. The zero-order valence-corrected chi connectivity index (χ0v) is 10.0. The highest BCUT2D eigenvalue weighted by Crippen LogP contribution is 2.45. The molecule has 0 saturated heterocycles. The van der Waals surface area contributed by atoms with Crippen LogP contribution in [0.3, 0.4) is 0 Å². The molecule has 18 heavy (non-hydrogen) atoms. The van der Waals surface area contributed by atoms with Crippen molar-refractivity contribution in [2.75, 3.05) is 0 Å². The van der Waals surface area contributed by atoms with E-state index in [1.165, 1.54) is 4.90 Å². The van der Waals surface area contributed by atoms with Gasteiger partial charge in [0.15, 0.2) is 5.54 Å². The molecule has 3 rings (SSSR count). The fourth-order valence-corrected chi connectivity index (χ4v) is 3.03. The quantitative estimate of drug-likeness (QED) is 0.818. The molecular weight excluding hydrogens is 230 g/mol. The van der Waals surface area contributed by atoms with E-state index in [9.17, 15) is 14.7 Å². The molecule has 2 aliphatic rings. The lowest BCUT2D eigenvalue weighted by atomic mass is 9.90. The van der Waals surface area contributed by atoms with E-state index >= 15 is 0 Å². The first-order valence-corrected chi connectivity index (χ1v) is 6.25. The maximum Gasteiger partial charge on any atom is 0.334 e. The molecule has 1 fully saturated rings. The summed E-state index contributed by atoms with van der Waals surface area (Å²) in [5, 5.41) is 9.69. The van der Waals surface area contributed by atoms with Crippen molar-refractivity contribution in [1.29, 1.82) is 0 Å². The van der Waals surface area contributed by atoms with Crippen LogP contribution in [0.5, 0.6) is 0 Å². The van der Waals surface area contributed by atoms with Crippen molar-refractivity contribution in [3.8, 4) is 0 Å². The average Bonchev–Trinajstić information content (AvgIpc) is 3.12. The molecule has 1 aromatic rings. The summed E-state index contributed by atoms with van der Waals surface area (Å²) >= 11 is 0. The zero-order valence-electron chi connectivity index (χ0n) is 10.0. The molecule has 1 amide bonds. The van der Waals surface area contributed by atoms with E-state index in [2.05, 4.69) is 0 Å². The molecule has 0 radical (unpaired) electrons. The van der Waals surface area contributed by atoms with E-state index in [1.807, 2.05) is 24.3 Å². The molecule has 1 aromatic carbocycles. The van der Waals surface area contributed by atoms with Gasteiger partial charge in [-0.15, -0.1) is 0 Å². The molecule has 0 aromatic heterocycles. The summed E-state index contributed by atoms with van der Waals surface area (Å²) in [4.78, 5) is 24.7. The normalized spacial score (nSPS) is 25.6. The Morgan fingerprint density at radius 2 is 2.11 bits per heavy atom. The third-order valence-electron chi connectivity index (χ3n) is 4.07. The Bertz CT molecular complexity index is 510. The van der Waals surface area contributed by atoms with Crippen molar-refractivity contribution in [3.05, 3.63) is 35.4 Å². The highest BCUT2D eigenvalue weighted by atomic mass is 16.4. The molecule has 0 bridgehead atoms. The van der Waals surface area contributed by atoms with E-state index in [4.69, 9.17) is 0 Å². The number of hydrogen-bond acceptors (Lipinski definition) is 2. The fraction of sp³-hybridized carbons (Fsp3) is 0.429. The molecule has 1 unspecified atom stereocenters. The Labute approximate surface area is 105 Å². The molecule has 0 heterocycles. The van der Waals surface area contributed by atoms with Crippen LogP contribution in [0, 0.1) is 0 Å². The summed E-state index contributed by atoms with van der Waals surface area (Å²) in [6.45, 7) is 0. The number of carbonyl (C=O) groups is 2. The van der Waals surface area contributed by atoms with Gasteiger partial charge in [-0.2, -0.15) is 0 Å². The first-order chi connectivity index (χ1) is 8.70. The highest BCUT2D eigenvalue weighted by molar-refractivity contribution is 5.85. The molecule has 0 spiro atoms. The minimum Gasteiger partial charge on any atom is -0.479 e. The number of fused-ring (bicyclic) bond motifs is 1. The fourth-order valence-electron chi connectivity index (χ4n) is 3.03. The van der Waals surface area contributed by atoms with Crippen molar-refractivity contribution in [3.63, 3.8) is 0 Å². The van der Waals surface area contributed by atoms with Gasteiger partial charge in [0, 0.05) is 6.04 Å². The lowest BCUT2D eigenvalue weighted by Crippen LogP contribution is -2.51. The van der Waals surface area contributed by atoms with Gasteiger partial charge < -0.3 is 10.0 Å². The summed E-state index contributed by atoms with van der Waals surface area (Å²) in [7, 11) is 0. The third kappa shape index (κ3) is 1.38. The standard InChI is InChI=1S/C14H15NO3/c16-9-15(11-5-6-11)14(13(17)18)8-7-10-3-1-2-4-12(10)14/h1-4,9,11H,5-8H2,(H,17,18). The van der Waals surface area contributed by atoms with E-state index in [0.29, 0.717) is 12.8 Å². The van der Waals surface area contributed by atoms with Gasteiger partial charge >= 0.3 is 5.97 Å². The number of carboxylic acids is 1. The lowest BCUT2D eigenvalue weighted by Gasteiger charge is -2.36. The van der Waals surface area contributed by atoms with E-state index in [0.717, 1.165) is 30.4 Å². The van der Waals surface area contributed by atoms with E-state index in [1.54, 1.807) is 0 Å². The predicted molar refractivity (Wildman–Crippen MR) is 65.0 cm³/mol. The van der Waals surface area contributed by atoms with Gasteiger partial charge in [0.25, 0.3) is 0 Å². The molecule has 2 aliphatic carbocycles. The highest BCUT2D eigenvalue weighted by Gasteiger charge is 2.53. The van der Waals surface area contributed by atoms with Crippen molar-refractivity contribution in [1.82, 2.24) is 4.90 Å². The van der Waals surface area contributed by atoms with E-state index in [-0.39, 0.29) is 6.04 Å². The van der Waals surface area contributed by atoms with Gasteiger partial charge in [-0.25, -0.2) is 4.79 Å². The van der Waals surface area contributed by atoms with Crippen LogP contribution >= 0.6 is 0 Å². The van der Waals surface area contributed by atoms with Crippen LogP contribution in [0.4, 0.5) is 0 Å². The number of amides is 1. The van der Waals surface area contributed by atoms with Crippen molar-refractivity contribution >= 4 is 12.4 Å². The number of carbonyl (C=O) groups excluding carboxylic acids is 1. The topological polar surface area (TPSA) is 57.6 Å².